The van der Waals surface area contributed by atoms with E-state index in [9.17, 15) is 38.1 Å². The lowest BCUT2D eigenvalue weighted by atomic mass is 10.1. The molecule has 0 aromatic carbocycles. The molecule has 6 N–H and O–H groups in total. The Labute approximate surface area is 195 Å². The molecule has 2 aliphatic rings. The molecule has 4 rings (SSSR count). The van der Waals surface area contributed by atoms with Gasteiger partial charge in [-0.1, -0.05) is 12.8 Å². The SMILES string of the molecule is Cc1nc(NC2CCCC2)c2cnn([C@@H]3O[C@H](CS(=O)(=O)C(CO)P(=O)(O)O)[C@@H](O)[C@H]3O)c2n1. The number of anilines is 1. The molecule has 14 nitrogen and oxygen atoms in total. The molecule has 190 valence electrons. The van der Waals surface area contributed by atoms with Crippen molar-refractivity contribution in [1.82, 2.24) is 19.7 Å². The normalized spacial score (nSPS) is 27.5. The average molecular weight is 521 g/mol. The molecule has 2 aromatic heterocycles. The second-order valence-corrected chi connectivity index (χ2v) is 13.1. The van der Waals surface area contributed by atoms with E-state index in [-0.39, 0.29) is 6.04 Å². The van der Waals surface area contributed by atoms with Gasteiger partial charge in [-0.25, -0.2) is 23.1 Å². The zero-order valence-corrected chi connectivity index (χ0v) is 20.0. The van der Waals surface area contributed by atoms with Crippen LogP contribution >= 0.6 is 7.60 Å². The summed E-state index contributed by atoms with van der Waals surface area (Å²) in [5, 5.41) is 38.4. The highest BCUT2D eigenvalue weighted by atomic mass is 32.2. The van der Waals surface area contributed by atoms with Gasteiger partial charge in [0, 0.05) is 6.04 Å². The number of ether oxygens (including phenoxy) is 1. The molecule has 0 radical (unpaired) electrons. The average Bonchev–Trinajstić information content (AvgIpc) is 3.44. The summed E-state index contributed by atoms with van der Waals surface area (Å²) in [5.74, 6) is -0.0330. The highest BCUT2D eigenvalue weighted by molar-refractivity contribution is 7.98. The van der Waals surface area contributed by atoms with Gasteiger partial charge in [-0.05, 0) is 19.8 Å². The van der Waals surface area contributed by atoms with Gasteiger partial charge in [0.15, 0.2) is 26.7 Å². The van der Waals surface area contributed by atoms with Crippen LogP contribution < -0.4 is 5.32 Å². The Morgan fingerprint density at radius 1 is 1.24 bits per heavy atom. The third kappa shape index (κ3) is 4.84. The summed E-state index contributed by atoms with van der Waals surface area (Å²) in [5.41, 5.74) is 0.302. The Balaban J connectivity index is 1.61. The third-order valence-corrected chi connectivity index (χ3v) is 10.7. The quantitative estimate of drug-likeness (QED) is 0.230. The number of hydrogen-bond acceptors (Lipinski definition) is 11. The van der Waals surface area contributed by atoms with Gasteiger partial charge < -0.3 is 35.2 Å². The Hall–Kier alpha value is -1.71. The Bertz CT molecular complexity index is 1200. The first-order valence-corrected chi connectivity index (χ1v) is 14.2. The van der Waals surface area contributed by atoms with E-state index in [0.29, 0.717) is 22.7 Å². The van der Waals surface area contributed by atoms with E-state index < -0.39 is 59.3 Å². The number of nitrogens with zero attached hydrogens (tertiary/aromatic N) is 4. The number of fused-ring (bicyclic) bond motifs is 1. The van der Waals surface area contributed by atoms with Crippen molar-refractivity contribution in [2.75, 3.05) is 17.7 Å². The summed E-state index contributed by atoms with van der Waals surface area (Å²) in [6.45, 7) is 0.377. The van der Waals surface area contributed by atoms with Crippen LogP contribution in [0.3, 0.4) is 0 Å². The molecular weight excluding hydrogens is 493 g/mol. The van der Waals surface area contributed by atoms with E-state index in [4.69, 9.17) is 4.74 Å². The monoisotopic (exact) mass is 521 g/mol. The fourth-order valence-electron chi connectivity index (χ4n) is 4.43. The first-order chi connectivity index (χ1) is 15.9. The molecule has 1 saturated carbocycles. The molecule has 16 heteroatoms. The summed E-state index contributed by atoms with van der Waals surface area (Å²) < 4.78 is 43.3. The molecular formula is C18H28N5O9PS. The number of aliphatic hydroxyl groups excluding tert-OH is 3. The van der Waals surface area contributed by atoms with Gasteiger partial charge in [-0.3, -0.25) is 4.57 Å². The van der Waals surface area contributed by atoms with Gasteiger partial charge >= 0.3 is 7.60 Å². The molecule has 0 bridgehead atoms. The maximum absolute atomic E-state index is 12.5. The zero-order valence-electron chi connectivity index (χ0n) is 18.3. The molecule has 0 spiro atoms. The summed E-state index contributed by atoms with van der Waals surface area (Å²) in [4.78, 5) is 25.0. The maximum Gasteiger partial charge on any atom is 0.345 e. The van der Waals surface area contributed by atoms with Gasteiger partial charge in [-0.2, -0.15) is 5.10 Å². The van der Waals surface area contributed by atoms with E-state index in [1.165, 1.54) is 10.9 Å². The second kappa shape index (κ2) is 9.39. The van der Waals surface area contributed by atoms with Gasteiger partial charge in [0.05, 0.1) is 23.9 Å². The van der Waals surface area contributed by atoms with E-state index in [1.54, 1.807) is 6.92 Å². The van der Waals surface area contributed by atoms with E-state index in [1.807, 2.05) is 0 Å². The topological polar surface area (TPSA) is 217 Å². The molecule has 1 unspecified atom stereocenters. The minimum Gasteiger partial charge on any atom is -0.394 e. The summed E-state index contributed by atoms with van der Waals surface area (Å²) in [6, 6.07) is 0.263. The zero-order chi connectivity index (χ0) is 24.8. The molecule has 3 heterocycles. The van der Waals surface area contributed by atoms with Gasteiger partial charge in [0.25, 0.3) is 0 Å². The van der Waals surface area contributed by atoms with Crippen molar-refractivity contribution < 1.29 is 42.8 Å². The van der Waals surface area contributed by atoms with Crippen molar-refractivity contribution in [3.63, 3.8) is 0 Å². The maximum atomic E-state index is 12.5. The Morgan fingerprint density at radius 3 is 2.53 bits per heavy atom. The lowest BCUT2D eigenvalue weighted by Gasteiger charge is -2.20. The van der Waals surface area contributed by atoms with Crippen LogP contribution in [0.5, 0.6) is 0 Å². The fourth-order valence-corrected chi connectivity index (χ4v) is 7.76. The summed E-state index contributed by atoms with van der Waals surface area (Å²) in [6.07, 6.45) is -0.409. The number of aryl methyl sites for hydroxylation is 1. The largest absolute Gasteiger partial charge is 0.394 e. The number of aromatic nitrogens is 4. The fraction of sp³-hybridized carbons (Fsp3) is 0.722. The number of sulfone groups is 1. The smallest absolute Gasteiger partial charge is 0.345 e. The Morgan fingerprint density at radius 2 is 1.91 bits per heavy atom. The third-order valence-electron chi connectivity index (χ3n) is 6.18. The highest BCUT2D eigenvalue weighted by Crippen LogP contribution is 2.45. The van der Waals surface area contributed by atoms with Crippen molar-refractivity contribution >= 4 is 34.3 Å². The molecule has 2 fully saturated rings. The van der Waals surface area contributed by atoms with Crippen molar-refractivity contribution in [2.45, 2.75) is 68.2 Å². The van der Waals surface area contributed by atoms with Crippen LogP contribution in [0.1, 0.15) is 37.7 Å². The molecule has 1 aliphatic carbocycles. The van der Waals surface area contributed by atoms with Crippen LogP contribution in [-0.4, -0.2) is 95.0 Å². The van der Waals surface area contributed by atoms with Crippen LogP contribution in [0.2, 0.25) is 0 Å². The van der Waals surface area contributed by atoms with E-state index in [0.717, 1.165) is 25.7 Å². The molecule has 0 amide bonds. The first kappa shape index (κ1) is 25.4. The predicted octanol–water partition coefficient (Wildman–Crippen LogP) is -0.981. The van der Waals surface area contributed by atoms with Crippen LogP contribution in [-0.2, 0) is 19.1 Å². The van der Waals surface area contributed by atoms with Gasteiger partial charge in [0.2, 0.25) is 0 Å². The van der Waals surface area contributed by atoms with Crippen LogP contribution in [0, 0.1) is 6.92 Å². The standard InChI is InChI=1S/C18H28N5O9PS/c1-9-20-16(22-10-4-2-3-5-10)11-6-19-23(17(11)21-9)18-15(26)14(25)12(32-18)8-34(30,31)13(7-24)33(27,28)29/h6,10,12-15,18,24-26H,2-5,7-8H2,1H3,(H,20,21,22)(H2,27,28,29)/t12-,13?,14-,15-,18-/m1/s1. The molecule has 1 saturated heterocycles. The summed E-state index contributed by atoms with van der Waals surface area (Å²) in [7, 11) is -9.79. The van der Waals surface area contributed by atoms with Crippen molar-refractivity contribution in [1.29, 1.82) is 0 Å². The van der Waals surface area contributed by atoms with Crippen LogP contribution in [0.15, 0.2) is 6.20 Å². The summed E-state index contributed by atoms with van der Waals surface area (Å²) >= 11 is 0. The van der Waals surface area contributed by atoms with Crippen LogP contribution in [0.4, 0.5) is 5.82 Å². The van der Waals surface area contributed by atoms with E-state index in [2.05, 4.69) is 20.4 Å². The molecule has 34 heavy (non-hydrogen) atoms. The Kier molecular flexibility index (Phi) is 7.01. The van der Waals surface area contributed by atoms with Crippen molar-refractivity contribution in [2.24, 2.45) is 0 Å². The number of hydrogen-bond donors (Lipinski definition) is 6. The molecule has 2 aromatic rings. The number of aliphatic hydroxyl groups is 3. The van der Waals surface area contributed by atoms with E-state index >= 15 is 0 Å². The first-order valence-electron chi connectivity index (χ1n) is 10.8. The second-order valence-electron chi connectivity index (χ2n) is 8.67. The lowest BCUT2D eigenvalue weighted by molar-refractivity contribution is -0.0365. The van der Waals surface area contributed by atoms with Gasteiger partial charge in [-0.15, -0.1) is 0 Å². The number of nitrogens with one attached hydrogen (secondary N) is 1. The van der Waals surface area contributed by atoms with Crippen molar-refractivity contribution in [3.05, 3.63) is 12.0 Å². The van der Waals surface area contributed by atoms with Crippen molar-refractivity contribution in [3.8, 4) is 0 Å². The predicted molar refractivity (Wildman–Crippen MR) is 119 cm³/mol. The molecule has 1 aliphatic heterocycles. The van der Waals surface area contributed by atoms with Crippen LogP contribution in [0.25, 0.3) is 11.0 Å². The minimum atomic E-state index is -5.19. The highest BCUT2D eigenvalue weighted by Gasteiger charge is 2.49. The lowest BCUT2D eigenvalue weighted by Crippen LogP contribution is -2.39. The van der Waals surface area contributed by atoms with Gasteiger partial charge in [0.1, 0.15) is 30.0 Å². The molecule has 5 atom stereocenters. The minimum absolute atomic E-state index is 0.263. The number of rotatable bonds is 8.